The summed E-state index contributed by atoms with van der Waals surface area (Å²) in [5.74, 6) is -1.82. The molecule has 48 heavy (non-hydrogen) atoms. The first kappa shape index (κ1) is 45.4. The molecule has 3 rings (SSSR count). The zero-order valence-electron chi connectivity index (χ0n) is 27.8. The van der Waals surface area contributed by atoms with Crippen molar-refractivity contribution in [1.29, 1.82) is 0 Å². The molecular formula is C34H37CrNO12. The summed E-state index contributed by atoms with van der Waals surface area (Å²) in [5.41, 5.74) is 0.741. The number of amides is 1. The van der Waals surface area contributed by atoms with Crippen molar-refractivity contribution in [3.05, 3.63) is 84.7 Å². The Balaban J connectivity index is 0. The van der Waals surface area contributed by atoms with E-state index in [9.17, 15) is 14.4 Å². The minimum absolute atomic E-state index is 0. The van der Waals surface area contributed by atoms with Gasteiger partial charge in [0, 0.05) is 17.4 Å². The number of ether oxygens (including phenoxy) is 6. The second-order valence-electron chi connectivity index (χ2n) is 9.70. The Morgan fingerprint density at radius 2 is 1.17 bits per heavy atom. The van der Waals surface area contributed by atoms with Crippen LogP contribution in [0.15, 0.2) is 42.5 Å². The van der Waals surface area contributed by atoms with Crippen LogP contribution < -0.4 is 19.5 Å². The maximum atomic E-state index is 13.4. The largest absolute Gasteiger partial charge is 0 e. The maximum absolute atomic E-state index is 13.4. The zero-order chi connectivity index (χ0) is 36.3. The molecule has 0 saturated heterocycles. The number of methoxy groups -OCH3 is 5. The molecule has 1 N–H and O–H groups in total. The molecule has 0 spiro atoms. The fraction of sp³-hybridized carbons (Fsp3) is 0.353. The van der Waals surface area contributed by atoms with Gasteiger partial charge in [0.1, 0.15) is 28.7 Å². The van der Waals surface area contributed by atoms with Crippen molar-refractivity contribution < 1.29 is 74.1 Å². The number of esters is 2. The van der Waals surface area contributed by atoms with Crippen molar-refractivity contribution in [3.8, 4) is 17.2 Å². The van der Waals surface area contributed by atoms with Gasteiger partial charge in [-0.05, 0) is 35.6 Å². The van der Waals surface area contributed by atoms with Gasteiger partial charge in [-0.1, -0.05) is 56.3 Å². The summed E-state index contributed by atoms with van der Waals surface area (Å²) < 4.78 is 55.3. The average Bonchev–Trinajstić information content (AvgIpc) is 3.11. The van der Waals surface area contributed by atoms with Crippen LogP contribution in [0.1, 0.15) is 71.2 Å². The second kappa shape index (κ2) is 23.6. The summed E-state index contributed by atoms with van der Waals surface area (Å²) in [7, 11) is 6.35. The van der Waals surface area contributed by atoms with Crippen molar-refractivity contribution in [1.82, 2.24) is 5.32 Å². The molecule has 2 atom stereocenters. The predicted octanol–water partition coefficient (Wildman–Crippen LogP) is 5.90. The van der Waals surface area contributed by atoms with E-state index in [-0.39, 0.29) is 57.2 Å². The molecule has 13 nitrogen and oxygen atoms in total. The van der Waals surface area contributed by atoms with Crippen LogP contribution in [0, 0.1) is 25.9 Å². The van der Waals surface area contributed by atoms with Crippen LogP contribution in [-0.4, -0.2) is 53.6 Å². The molecule has 0 saturated carbocycles. The van der Waals surface area contributed by atoms with Crippen molar-refractivity contribution in [2.45, 2.75) is 39.3 Å². The smallest absolute Gasteiger partial charge is 0 e. The topological polar surface area (TPSA) is 178 Å². The van der Waals surface area contributed by atoms with Gasteiger partial charge < -0.3 is 33.7 Å². The van der Waals surface area contributed by atoms with E-state index in [4.69, 9.17) is 42.4 Å². The van der Waals surface area contributed by atoms with Crippen LogP contribution in [0.25, 0.3) is 10.8 Å². The van der Waals surface area contributed by atoms with E-state index in [0.29, 0.717) is 6.42 Å². The normalized spacial score (nSPS) is 10.6. The fourth-order valence-corrected chi connectivity index (χ4v) is 4.90. The summed E-state index contributed by atoms with van der Waals surface area (Å²) in [4.78, 5) is 39.3. The monoisotopic (exact) mass is 703 g/mol. The summed E-state index contributed by atoms with van der Waals surface area (Å²) in [6.45, 7) is 19.2. The number of carbonyl (C=O) groups excluding carboxylic acids is 3. The molecule has 3 aromatic rings. The van der Waals surface area contributed by atoms with E-state index in [1.807, 2.05) is 63.2 Å². The van der Waals surface area contributed by atoms with E-state index < -0.39 is 30.2 Å². The van der Waals surface area contributed by atoms with Gasteiger partial charge in [0.15, 0.2) is 5.75 Å². The van der Waals surface area contributed by atoms with Gasteiger partial charge in [-0.2, -0.15) is 0 Å². The van der Waals surface area contributed by atoms with Crippen LogP contribution in [-0.2, 0) is 45.5 Å². The van der Waals surface area contributed by atoms with Crippen molar-refractivity contribution >= 4 is 28.8 Å². The molecule has 0 radical (unpaired) electrons. The predicted molar refractivity (Wildman–Crippen MR) is 165 cm³/mol. The molecule has 14 heteroatoms. The molecule has 0 unspecified atom stereocenters. The molecular weight excluding hydrogens is 666 g/mol. The molecule has 0 aliphatic rings. The number of hydrogen-bond acceptors (Lipinski definition) is 9. The third kappa shape index (κ3) is 10.9. The summed E-state index contributed by atoms with van der Waals surface area (Å²) in [5, 5.41) is 4.96. The van der Waals surface area contributed by atoms with Gasteiger partial charge in [-0.25, -0.2) is 14.4 Å². The van der Waals surface area contributed by atoms with Crippen LogP contribution in [0.2, 0.25) is 0 Å². The summed E-state index contributed by atoms with van der Waals surface area (Å²) in [6, 6.07) is 13.4. The SMILES string of the molecule is COC(=O)c1c(OC)c(C(=O)OC)c(OC)c([C@@H](CC(C)C)OC(=O)N[C@H](C)c2cccc3ccccc23)c1OC.[C-]#[O+].[C-]#[O+].[C-]#[O+].[Cr]. The molecule has 0 heterocycles. The number of benzene rings is 3. The molecule has 0 aliphatic heterocycles. The van der Waals surface area contributed by atoms with Gasteiger partial charge in [0.05, 0.1) is 47.2 Å². The maximum Gasteiger partial charge on any atom is 0 e. The fourth-order valence-electron chi connectivity index (χ4n) is 4.90. The van der Waals surface area contributed by atoms with Crippen LogP contribution in [0.3, 0.4) is 0 Å². The Kier molecular flexibility index (Phi) is 22.3. The molecule has 256 valence electrons. The van der Waals surface area contributed by atoms with Crippen LogP contribution in [0.4, 0.5) is 4.79 Å². The zero-order valence-corrected chi connectivity index (χ0v) is 29.1. The van der Waals surface area contributed by atoms with E-state index in [0.717, 1.165) is 16.3 Å². The molecule has 0 aromatic heterocycles. The Hall–Kier alpha value is -4.72. The Bertz CT molecular complexity index is 1500. The van der Waals surface area contributed by atoms with E-state index in [2.05, 4.69) is 25.3 Å². The minimum atomic E-state index is -1.00. The van der Waals surface area contributed by atoms with Crippen molar-refractivity contribution in [2.75, 3.05) is 35.5 Å². The van der Waals surface area contributed by atoms with Gasteiger partial charge >= 0.3 is 51.9 Å². The van der Waals surface area contributed by atoms with Crippen molar-refractivity contribution in [3.63, 3.8) is 0 Å². The first-order valence-corrected chi connectivity index (χ1v) is 13.7. The third-order valence-electron chi connectivity index (χ3n) is 6.67. The van der Waals surface area contributed by atoms with Gasteiger partial charge in [-0.3, -0.25) is 0 Å². The van der Waals surface area contributed by atoms with E-state index in [1.165, 1.54) is 35.5 Å². The Morgan fingerprint density at radius 1 is 0.708 bits per heavy atom. The molecule has 0 fully saturated rings. The third-order valence-corrected chi connectivity index (χ3v) is 6.67. The first-order valence-electron chi connectivity index (χ1n) is 13.7. The first-order chi connectivity index (χ1) is 22.6. The number of nitrogens with one attached hydrogen (secondary N) is 1. The van der Waals surface area contributed by atoms with E-state index >= 15 is 0 Å². The van der Waals surface area contributed by atoms with Crippen LogP contribution >= 0.6 is 0 Å². The van der Waals surface area contributed by atoms with Gasteiger partial charge in [0.2, 0.25) is 0 Å². The number of hydrogen-bond donors (Lipinski definition) is 1. The number of rotatable bonds is 11. The molecule has 0 bridgehead atoms. The summed E-state index contributed by atoms with van der Waals surface area (Å²) >= 11 is 0. The average molecular weight is 704 g/mol. The standard InChI is InChI=1S/C31H37NO9.3CO.Cr/c1-17(2)16-22(41-31(35)32-18(3)20-15-11-13-19-12-9-10-14-21(19)20)23-26(36-4)24(29(33)39-7)28(38-6)25(27(23)37-5)30(34)40-8;3*1-2;/h9-15,17-18,22H,16H2,1-8H3,(H,32,35);;;;/t18-,22-;;;;/m1..../s1. The van der Waals surface area contributed by atoms with Gasteiger partial charge in [-0.15, -0.1) is 0 Å². The van der Waals surface area contributed by atoms with Crippen LogP contribution in [0.5, 0.6) is 17.2 Å². The number of carbonyl (C=O) groups is 3. The molecule has 3 aromatic carbocycles. The van der Waals surface area contributed by atoms with E-state index in [1.54, 1.807) is 0 Å². The number of alkyl carbamates (subject to hydrolysis) is 1. The molecule has 0 aliphatic carbocycles. The second-order valence-corrected chi connectivity index (χ2v) is 9.70. The molecule has 1 amide bonds. The van der Waals surface area contributed by atoms with Crippen molar-refractivity contribution in [2.24, 2.45) is 5.92 Å². The minimum Gasteiger partial charge on any atom is 0 e. The Labute approximate surface area is 290 Å². The Morgan fingerprint density at radius 3 is 1.60 bits per heavy atom. The summed E-state index contributed by atoms with van der Waals surface area (Å²) in [6.07, 6.45) is -1.41. The number of fused-ring (bicyclic) bond motifs is 1. The quantitative estimate of drug-likeness (QED) is 0.110. The van der Waals surface area contributed by atoms with Gasteiger partial charge in [0.25, 0.3) is 0 Å².